The fourth-order valence-corrected chi connectivity index (χ4v) is 1.50. The summed E-state index contributed by atoms with van der Waals surface area (Å²) >= 11 is 0. The third-order valence-electron chi connectivity index (χ3n) is 2.26. The second-order valence-electron chi connectivity index (χ2n) is 3.52. The molecule has 0 amide bonds. The maximum absolute atomic E-state index is 5.49. The summed E-state index contributed by atoms with van der Waals surface area (Å²) in [6.45, 7) is 0.386. The fourth-order valence-electron chi connectivity index (χ4n) is 1.50. The second kappa shape index (κ2) is 5.17. The molecule has 2 aromatic rings. The van der Waals surface area contributed by atoms with E-state index in [2.05, 4.69) is 20.3 Å². The van der Waals surface area contributed by atoms with Gasteiger partial charge in [-0.2, -0.15) is 15.0 Å². The quantitative estimate of drug-likeness (QED) is 0.726. The lowest BCUT2D eigenvalue weighted by Crippen LogP contribution is -2.10. The number of ether oxygens (including phenoxy) is 1. The van der Waals surface area contributed by atoms with Crippen molar-refractivity contribution in [2.75, 3.05) is 23.9 Å². The molecule has 0 spiro atoms. The first kappa shape index (κ1) is 11.9. The lowest BCUT2D eigenvalue weighted by atomic mass is 10.3. The van der Waals surface area contributed by atoms with Gasteiger partial charge in [0.25, 0.3) is 0 Å². The molecule has 0 saturated heterocycles. The maximum Gasteiger partial charge on any atom is 0.225 e. The second-order valence-corrected chi connectivity index (χ2v) is 3.52. The Hall–Kier alpha value is -2.57. The van der Waals surface area contributed by atoms with Crippen LogP contribution in [0.3, 0.4) is 0 Å². The fraction of sp³-hybridized carbons (Fsp3) is 0.182. The van der Waals surface area contributed by atoms with Crippen LogP contribution in [0.5, 0.6) is 5.75 Å². The SMILES string of the molecule is COc1ccccc1NCc1nc(N)nc(N)n1. The van der Waals surface area contributed by atoms with E-state index in [-0.39, 0.29) is 11.9 Å². The molecule has 2 rings (SSSR count). The van der Waals surface area contributed by atoms with Gasteiger partial charge in [-0.3, -0.25) is 0 Å². The van der Waals surface area contributed by atoms with Crippen LogP contribution in [0, 0.1) is 0 Å². The summed E-state index contributed by atoms with van der Waals surface area (Å²) in [7, 11) is 1.61. The molecule has 1 aromatic carbocycles. The van der Waals surface area contributed by atoms with Crippen molar-refractivity contribution in [3.05, 3.63) is 30.1 Å². The minimum absolute atomic E-state index is 0.110. The van der Waals surface area contributed by atoms with Gasteiger partial charge in [-0.25, -0.2) is 0 Å². The van der Waals surface area contributed by atoms with Crippen LogP contribution >= 0.6 is 0 Å². The smallest absolute Gasteiger partial charge is 0.225 e. The summed E-state index contributed by atoms with van der Waals surface area (Å²) in [5.74, 6) is 1.44. The predicted octanol–water partition coefficient (Wildman–Crippen LogP) is 0.657. The Morgan fingerprint density at radius 3 is 2.44 bits per heavy atom. The van der Waals surface area contributed by atoms with Crippen LogP contribution in [0.2, 0.25) is 0 Å². The van der Waals surface area contributed by atoms with Crippen molar-refractivity contribution in [2.24, 2.45) is 0 Å². The number of benzene rings is 1. The molecule has 94 valence electrons. The third kappa shape index (κ3) is 2.76. The molecule has 5 N–H and O–H groups in total. The zero-order valence-corrected chi connectivity index (χ0v) is 9.92. The predicted molar refractivity (Wildman–Crippen MR) is 69.0 cm³/mol. The van der Waals surface area contributed by atoms with Gasteiger partial charge in [-0.1, -0.05) is 12.1 Å². The van der Waals surface area contributed by atoms with E-state index in [9.17, 15) is 0 Å². The normalized spacial score (nSPS) is 10.1. The molecule has 7 nitrogen and oxygen atoms in total. The number of hydrogen-bond donors (Lipinski definition) is 3. The zero-order valence-electron chi connectivity index (χ0n) is 9.92. The maximum atomic E-state index is 5.49. The average molecular weight is 246 g/mol. The van der Waals surface area contributed by atoms with Gasteiger partial charge in [0.1, 0.15) is 5.75 Å². The van der Waals surface area contributed by atoms with Crippen molar-refractivity contribution >= 4 is 17.6 Å². The summed E-state index contributed by atoms with van der Waals surface area (Å²) in [5, 5.41) is 3.15. The van der Waals surface area contributed by atoms with E-state index >= 15 is 0 Å². The van der Waals surface area contributed by atoms with Crippen LogP contribution in [-0.4, -0.2) is 22.1 Å². The highest BCUT2D eigenvalue weighted by Gasteiger charge is 2.04. The molecule has 0 unspecified atom stereocenters. The molecule has 0 bridgehead atoms. The van der Waals surface area contributed by atoms with Crippen LogP contribution < -0.4 is 21.5 Å². The first-order chi connectivity index (χ1) is 8.69. The number of nitrogens with zero attached hydrogens (tertiary/aromatic N) is 3. The van der Waals surface area contributed by atoms with E-state index in [1.165, 1.54) is 0 Å². The standard InChI is InChI=1S/C11H14N6O/c1-18-8-5-3-2-4-7(8)14-6-9-15-10(12)17-11(13)16-9/h2-5,14H,6H2,1H3,(H4,12,13,15,16,17). The molecule has 0 saturated carbocycles. The molecule has 7 heteroatoms. The van der Waals surface area contributed by atoms with Gasteiger partial charge < -0.3 is 21.5 Å². The Bertz CT molecular complexity index is 525. The molecular weight excluding hydrogens is 232 g/mol. The molecule has 0 radical (unpaired) electrons. The largest absolute Gasteiger partial charge is 0.495 e. The first-order valence-electron chi connectivity index (χ1n) is 5.32. The Balaban J connectivity index is 2.11. The lowest BCUT2D eigenvalue weighted by molar-refractivity contribution is 0.416. The molecule has 1 heterocycles. The molecule has 18 heavy (non-hydrogen) atoms. The van der Waals surface area contributed by atoms with Gasteiger partial charge >= 0.3 is 0 Å². The Kier molecular flexibility index (Phi) is 3.42. The minimum atomic E-state index is 0.110. The van der Waals surface area contributed by atoms with E-state index in [1.54, 1.807) is 7.11 Å². The lowest BCUT2D eigenvalue weighted by Gasteiger charge is -2.10. The van der Waals surface area contributed by atoms with Crippen molar-refractivity contribution in [1.82, 2.24) is 15.0 Å². The number of rotatable bonds is 4. The summed E-state index contributed by atoms with van der Waals surface area (Å²) in [4.78, 5) is 11.7. The number of nitrogens with two attached hydrogens (primary N) is 2. The van der Waals surface area contributed by atoms with Crippen LogP contribution in [0.1, 0.15) is 5.82 Å². The number of nitrogen functional groups attached to an aromatic ring is 2. The molecule has 0 aliphatic carbocycles. The molecule has 0 fully saturated rings. The molecule has 1 aromatic heterocycles. The highest BCUT2D eigenvalue weighted by Crippen LogP contribution is 2.23. The summed E-state index contributed by atoms with van der Waals surface area (Å²) in [5.41, 5.74) is 11.8. The number of aromatic nitrogens is 3. The third-order valence-corrected chi connectivity index (χ3v) is 2.26. The van der Waals surface area contributed by atoms with Crippen LogP contribution in [0.4, 0.5) is 17.6 Å². The topological polar surface area (TPSA) is 112 Å². The highest BCUT2D eigenvalue weighted by molar-refractivity contribution is 5.56. The van der Waals surface area contributed by atoms with Gasteiger partial charge in [0, 0.05) is 0 Å². The van der Waals surface area contributed by atoms with Crippen molar-refractivity contribution in [2.45, 2.75) is 6.54 Å². The van der Waals surface area contributed by atoms with Gasteiger partial charge in [0.2, 0.25) is 11.9 Å². The summed E-state index contributed by atoms with van der Waals surface area (Å²) in [6.07, 6.45) is 0. The highest BCUT2D eigenvalue weighted by atomic mass is 16.5. The van der Waals surface area contributed by atoms with Crippen molar-refractivity contribution in [3.8, 4) is 5.75 Å². The van der Waals surface area contributed by atoms with Gasteiger partial charge in [-0.05, 0) is 12.1 Å². The average Bonchev–Trinajstić information content (AvgIpc) is 2.35. The molecular formula is C11H14N6O. The van der Waals surface area contributed by atoms with E-state index in [0.29, 0.717) is 12.4 Å². The van der Waals surface area contributed by atoms with Crippen molar-refractivity contribution in [3.63, 3.8) is 0 Å². The van der Waals surface area contributed by atoms with Gasteiger partial charge in [0.05, 0.1) is 19.3 Å². The van der Waals surface area contributed by atoms with E-state index in [4.69, 9.17) is 16.2 Å². The Morgan fingerprint density at radius 2 is 1.78 bits per heavy atom. The van der Waals surface area contributed by atoms with Crippen LogP contribution in [-0.2, 0) is 6.54 Å². The van der Waals surface area contributed by atoms with Crippen LogP contribution in [0.25, 0.3) is 0 Å². The Labute approximate surface area is 104 Å². The number of anilines is 3. The first-order valence-corrected chi connectivity index (χ1v) is 5.32. The molecule has 0 aliphatic heterocycles. The minimum Gasteiger partial charge on any atom is -0.495 e. The molecule has 0 aliphatic rings. The number of para-hydroxylation sites is 2. The van der Waals surface area contributed by atoms with E-state index < -0.39 is 0 Å². The monoisotopic (exact) mass is 246 g/mol. The Morgan fingerprint density at radius 1 is 1.11 bits per heavy atom. The molecule has 0 atom stereocenters. The van der Waals surface area contributed by atoms with Gasteiger partial charge in [-0.15, -0.1) is 0 Å². The number of hydrogen-bond acceptors (Lipinski definition) is 7. The summed E-state index contributed by atoms with van der Waals surface area (Å²) < 4.78 is 5.22. The number of methoxy groups -OCH3 is 1. The van der Waals surface area contributed by atoms with Crippen molar-refractivity contribution in [1.29, 1.82) is 0 Å². The van der Waals surface area contributed by atoms with Crippen molar-refractivity contribution < 1.29 is 4.74 Å². The van der Waals surface area contributed by atoms with Crippen LogP contribution in [0.15, 0.2) is 24.3 Å². The summed E-state index contributed by atoms with van der Waals surface area (Å²) in [6, 6.07) is 7.55. The zero-order chi connectivity index (χ0) is 13.0. The van der Waals surface area contributed by atoms with E-state index in [0.717, 1.165) is 11.4 Å². The van der Waals surface area contributed by atoms with E-state index in [1.807, 2.05) is 24.3 Å². The van der Waals surface area contributed by atoms with Gasteiger partial charge in [0.15, 0.2) is 5.82 Å². The number of nitrogens with one attached hydrogen (secondary N) is 1.